The number of hydrogen-bond donors (Lipinski definition) is 1. The van der Waals surface area contributed by atoms with Crippen molar-refractivity contribution in [2.75, 3.05) is 19.6 Å². The molecule has 1 aromatic heterocycles. The lowest BCUT2D eigenvalue weighted by molar-refractivity contribution is 0.0519. The number of hydrogen-bond acceptors (Lipinski definition) is 3. The Bertz CT molecular complexity index is 729. The van der Waals surface area contributed by atoms with Gasteiger partial charge in [-0.05, 0) is 44.0 Å². The summed E-state index contributed by atoms with van der Waals surface area (Å²) < 4.78 is 0. The van der Waals surface area contributed by atoms with Crippen molar-refractivity contribution < 1.29 is 4.79 Å². The zero-order valence-corrected chi connectivity index (χ0v) is 13.3. The Morgan fingerprint density at radius 3 is 2.91 bits per heavy atom. The average Bonchev–Trinajstić information content (AvgIpc) is 2.56. The van der Waals surface area contributed by atoms with Crippen molar-refractivity contribution in [1.82, 2.24) is 15.2 Å². The first kappa shape index (κ1) is 14.4. The molecular formula is C19H21N3O. The van der Waals surface area contributed by atoms with Crippen LogP contribution in [0.15, 0.2) is 42.6 Å². The Kier molecular flexibility index (Phi) is 3.62. The molecule has 3 heterocycles. The van der Waals surface area contributed by atoms with Crippen LogP contribution in [0, 0.1) is 12.8 Å². The highest BCUT2D eigenvalue weighted by atomic mass is 16.2. The van der Waals surface area contributed by atoms with Crippen LogP contribution in [0.1, 0.15) is 22.3 Å². The number of nitrogens with one attached hydrogen (secondary N) is 1. The molecule has 23 heavy (non-hydrogen) atoms. The van der Waals surface area contributed by atoms with Gasteiger partial charge >= 0.3 is 0 Å². The second kappa shape index (κ2) is 5.78. The highest BCUT2D eigenvalue weighted by molar-refractivity contribution is 6.00. The topological polar surface area (TPSA) is 45.2 Å². The smallest absolute Gasteiger partial charge is 0.254 e. The number of carbonyl (C=O) groups is 1. The first-order chi connectivity index (χ1) is 11.2. The van der Waals surface area contributed by atoms with Gasteiger partial charge in [0.1, 0.15) is 0 Å². The maximum atomic E-state index is 13.1. The molecule has 2 aliphatic rings. The van der Waals surface area contributed by atoms with E-state index in [2.05, 4.69) is 10.3 Å². The van der Waals surface area contributed by atoms with Crippen molar-refractivity contribution in [3.8, 4) is 11.3 Å². The number of benzene rings is 1. The fourth-order valence-electron chi connectivity index (χ4n) is 3.55. The predicted octanol–water partition coefficient (Wildman–Crippen LogP) is 2.49. The van der Waals surface area contributed by atoms with E-state index in [0.29, 0.717) is 6.04 Å². The molecule has 1 amide bonds. The second-order valence-corrected chi connectivity index (χ2v) is 6.58. The van der Waals surface area contributed by atoms with E-state index in [1.807, 2.05) is 48.2 Å². The van der Waals surface area contributed by atoms with Gasteiger partial charge in [-0.15, -0.1) is 0 Å². The summed E-state index contributed by atoms with van der Waals surface area (Å²) in [5.41, 5.74) is 3.64. The summed E-state index contributed by atoms with van der Waals surface area (Å²) in [6, 6.07) is 12.3. The lowest BCUT2D eigenvalue weighted by Crippen LogP contribution is -2.62. The van der Waals surface area contributed by atoms with Crippen LogP contribution in [0.25, 0.3) is 11.3 Å². The van der Waals surface area contributed by atoms with Gasteiger partial charge in [0.25, 0.3) is 5.91 Å². The third-order valence-electron chi connectivity index (χ3n) is 5.03. The summed E-state index contributed by atoms with van der Waals surface area (Å²) in [5.74, 6) is 0.883. The van der Waals surface area contributed by atoms with Crippen molar-refractivity contribution in [2.45, 2.75) is 19.4 Å². The van der Waals surface area contributed by atoms with Gasteiger partial charge in [-0.1, -0.05) is 23.8 Å². The molecule has 2 aromatic rings. The molecule has 4 rings (SSSR count). The van der Waals surface area contributed by atoms with Gasteiger partial charge in [0.05, 0.1) is 5.69 Å². The van der Waals surface area contributed by atoms with Crippen LogP contribution in [-0.2, 0) is 0 Å². The normalized spacial score (nSPS) is 23.1. The Balaban J connectivity index is 1.67. The van der Waals surface area contributed by atoms with E-state index in [-0.39, 0.29) is 5.91 Å². The van der Waals surface area contributed by atoms with Crippen molar-refractivity contribution in [1.29, 1.82) is 0 Å². The van der Waals surface area contributed by atoms with Crippen LogP contribution < -0.4 is 5.32 Å². The summed E-state index contributed by atoms with van der Waals surface area (Å²) >= 11 is 0. The van der Waals surface area contributed by atoms with Gasteiger partial charge in [0.15, 0.2) is 0 Å². The molecule has 1 N–H and O–H groups in total. The van der Waals surface area contributed by atoms with Gasteiger partial charge in [-0.2, -0.15) is 0 Å². The summed E-state index contributed by atoms with van der Waals surface area (Å²) in [7, 11) is 0. The quantitative estimate of drug-likeness (QED) is 0.927. The minimum Gasteiger partial charge on any atom is -0.337 e. The monoisotopic (exact) mass is 307 g/mol. The van der Waals surface area contributed by atoms with E-state index in [4.69, 9.17) is 0 Å². The molecule has 4 nitrogen and oxygen atoms in total. The van der Waals surface area contributed by atoms with E-state index in [1.54, 1.807) is 6.20 Å². The molecule has 1 aromatic carbocycles. The van der Waals surface area contributed by atoms with E-state index in [0.717, 1.165) is 54.4 Å². The number of fused-ring (bicyclic) bond motifs is 1. The molecule has 2 saturated heterocycles. The molecule has 2 fully saturated rings. The summed E-state index contributed by atoms with van der Waals surface area (Å²) in [6.07, 6.45) is 2.88. The number of pyridine rings is 1. The fourth-order valence-corrected chi connectivity index (χ4v) is 3.55. The minimum atomic E-state index is 0.126. The average molecular weight is 307 g/mol. The van der Waals surface area contributed by atoms with Crippen molar-refractivity contribution in [3.05, 3.63) is 53.7 Å². The maximum Gasteiger partial charge on any atom is 0.254 e. The van der Waals surface area contributed by atoms with Crippen LogP contribution in [0.3, 0.4) is 0 Å². The van der Waals surface area contributed by atoms with E-state index in [9.17, 15) is 4.79 Å². The lowest BCUT2D eigenvalue weighted by Gasteiger charge is -2.46. The third kappa shape index (κ3) is 2.63. The van der Waals surface area contributed by atoms with Gasteiger partial charge in [-0.25, -0.2) is 0 Å². The number of likely N-dealkylation sites (tertiary alicyclic amines) is 1. The van der Waals surface area contributed by atoms with Crippen molar-refractivity contribution >= 4 is 5.91 Å². The highest BCUT2D eigenvalue weighted by Crippen LogP contribution is 2.28. The zero-order valence-electron chi connectivity index (χ0n) is 13.3. The number of piperidine rings is 1. The Hall–Kier alpha value is -2.20. The molecule has 0 spiro atoms. The SMILES string of the molecule is Cc1ccc(-c2ccccn2)c(C(=O)N2CC[C@H]3CN[C@H]3C2)c1. The molecule has 0 aliphatic carbocycles. The van der Waals surface area contributed by atoms with Crippen molar-refractivity contribution in [2.24, 2.45) is 5.92 Å². The predicted molar refractivity (Wildman–Crippen MR) is 90.2 cm³/mol. The number of amides is 1. The second-order valence-electron chi connectivity index (χ2n) is 6.58. The van der Waals surface area contributed by atoms with E-state index < -0.39 is 0 Å². The summed E-state index contributed by atoms with van der Waals surface area (Å²) in [5, 5.41) is 3.44. The van der Waals surface area contributed by atoms with Crippen LogP contribution in [0.4, 0.5) is 0 Å². The van der Waals surface area contributed by atoms with Gasteiger partial charge in [0.2, 0.25) is 0 Å². The first-order valence-corrected chi connectivity index (χ1v) is 8.27. The molecular weight excluding hydrogens is 286 g/mol. The molecule has 0 unspecified atom stereocenters. The molecule has 2 atom stereocenters. The molecule has 118 valence electrons. The molecule has 2 aliphatic heterocycles. The van der Waals surface area contributed by atoms with Crippen LogP contribution in [0.5, 0.6) is 0 Å². The number of carbonyl (C=O) groups excluding carboxylic acids is 1. The molecule has 0 bridgehead atoms. The van der Waals surface area contributed by atoms with Gasteiger partial charge in [0, 0.05) is 36.5 Å². The largest absolute Gasteiger partial charge is 0.337 e. The van der Waals surface area contributed by atoms with E-state index in [1.165, 1.54) is 0 Å². The summed E-state index contributed by atoms with van der Waals surface area (Å²) in [6.45, 7) is 4.81. The zero-order chi connectivity index (χ0) is 15.8. The standard InChI is InChI=1S/C19H21N3O/c1-13-5-6-15(17-4-2-3-8-20-17)16(10-13)19(23)22-9-7-14-11-21-18(14)12-22/h2-6,8,10,14,18,21H,7,9,11-12H2,1H3/t14-,18-/m0/s1. The van der Waals surface area contributed by atoms with Gasteiger partial charge in [-0.3, -0.25) is 9.78 Å². The Morgan fingerprint density at radius 2 is 2.22 bits per heavy atom. The molecule has 0 radical (unpaired) electrons. The fraction of sp³-hybridized carbons (Fsp3) is 0.368. The van der Waals surface area contributed by atoms with Crippen molar-refractivity contribution in [3.63, 3.8) is 0 Å². The molecule has 4 heteroatoms. The van der Waals surface area contributed by atoms with Crippen LogP contribution in [0.2, 0.25) is 0 Å². The number of aromatic nitrogens is 1. The third-order valence-corrected chi connectivity index (χ3v) is 5.03. The van der Waals surface area contributed by atoms with Crippen LogP contribution in [-0.4, -0.2) is 41.5 Å². The Labute approximate surface area is 136 Å². The number of nitrogens with zero attached hydrogens (tertiary/aromatic N) is 2. The van der Waals surface area contributed by atoms with E-state index >= 15 is 0 Å². The Morgan fingerprint density at radius 1 is 1.30 bits per heavy atom. The maximum absolute atomic E-state index is 13.1. The van der Waals surface area contributed by atoms with Gasteiger partial charge < -0.3 is 10.2 Å². The minimum absolute atomic E-state index is 0.126. The molecule has 0 saturated carbocycles. The highest BCUT2D eigenvalue weighted by Gasteiger charge is 2.37. The first-order valence-electron chi connectivity index (χ1n) is 8.27. The number of rotatable bonds is 2. The summed E-state index contributed by atoms with van der Waals surface area (Å²) in [4.78, 5) is 19.5. The van der Waals surface area contributed by atoms with Crippen LogP contribution >= 0.6 is 0 Å². The number of aryl methyl sites for hydroxylation is 1. The lowest BCUT2D eigenvalue weighted by atomic mass is 9.84.